The number of carbonyl (C=O) groups is 1. The van der Waals surface area contributed by atoms with Crippen LogP contribution in [0.25, 0.3) is 0 Å². The molecule has 1 amide bonds. The molecule has 0 radical (unpaired) electrons. The van der Waals surface area contributed by atoms with Crippen molar-refractivity contribution in [1.82, 2.24) is 10.8 Å². The number of aliphatic hydroxyl groups excluding tert-OH is 1. The zero-order valence-electron chi connectivity index (χ0n) is 18.4. The summed E-state index contributed by atoms with van der Waals surface area (Å²) in [4.78, 5) is 23.1. The van der Waals surface area contributed by atoms with Gasteiger partial charge in [-0.2, -0.15) is 0 Å². The third-order valence-electron chi connectivity index (χ3n) is 7.14. The smallest absolute Gasteiger partial charge is 0.261 e. The Bertz CT molecular complexity index is 1220. The molecule has 8 nitrogen and oxygen atoms in total. The van der Waals surface area contributed by atoms with Gasteiger partial charge in [-0.15, -0.1) is 0 Å². The van der Waals surface area contributed by atoms with Crippen molar-refractivity contribution in [3.05, 3.63) is 57.8 Å². The van der Waals surface area contributed by atoms with E-state index in [2.05, 4.69) is 15.8 Å². The van der Waals surface area contributed by atoms with Crippen molar-refractivity contribution in [2.24, 2.45) is 10.4 Å². The SMILES string of the molecule is O=C(NC12CC(C3N=C(COc4ccc(Cl)c(F)c4)NO3)(C1)C2)[C@H]1C[C@@H](O)c2cc(Cl)ccc2O1. The largest absolute Gasteiger partial charge is 0.486 e. The number of hydrogen-bond acceptors (Lipinski definition) is 7. The van der Waals surface area contributed by atoms with E-state index in [-0.39, 0.29) is 41.1 Å². The Kier molecular flexibility index (Phi) is 5.37. The topological polar surface area (TPSA) is 101 Å². The first-order valence-electron chi connectivity index (χ1n) is 11.3. The molecule has 7 rings (SSSR count). The molecule has 3 fully saturated rings. The number of benzene rings is 2. The van der Waals surface area contributed by atoms with Crippen molar-refractivity contribution in [3.8, 4) is 11.5 Å². The molecule has 2 aromatic carbocycles. The summed E-state index contributed by atoms with van der Waals surface area (Å²) < 4.78 is 25.0. The van der Waals surface area contributed by atoms with Gasteiger partial charge in [0.2, 0.25) is 0 Å². The molecule has 184 valence electrons. The van der Waals surface area contributed by atoms with Crippen LogP contribution in [0.3, 0.4) is 0 Å². The Hall–Kier alpha value is -2.59. The van der Waals surface area contributed by atoms with Crippen molar-refractivity contribution in [3.63, 3.8) is 0 Å². The second-order valence-electron chi connectivity index (χ2n) is 9.72. The first-order chi connectivity index (χ1) is 16.7. The van der Waals surface area contributed by atoms with E-state index >= 15 is 0 Å². The summed E-state index contributed by atoms with van der Waals surface area (Å²) in [5, 5.41) is 14.1. The van der Waals surface area contributed by atoms with E-state index in [9.17, 15) is 14.3 Å². The molecule has 0 saturated heterocycles. The zero-order chi connectivity index (χ0) is 24.4. The van der Waals surface area contributed by atoms with Gasteiger partial charge in [0.05, 0.1) is 11.1 Å². The predicted octanol–water partition coefficient (Wildman–Crippen LogP) is 3.69. The van der Waals surface area contributed by atoms with Crippen LogP contribution in [0.15, 0.2) is 41.4 Å². The molecule has 5 aliphatic rings. The van der Waals surface area contributed by atoms with Crippen LogP contribution >= 0.6 is 23.2 Å². The number of aliphatic imine (C=N–C) groups is 1. The monoisotopic (exact) mass is 521 g/mol. The predicted molar refractivity (Wildman–Crippen MR) is 125 cm³/mol. The number of hydrogen-bond donors (Lipinski definition) is 3. The molecule has 11 heteroatoms. The van der Waals surface area contributed by atoms with Crippen LogP contribution in [0.5, 0.6) is 11.5 Å². The van der Waals surface area contributed by atoms with E-state index in [0.717, 1.165) is 19.3 Å². The number of fused-ring (bicyclic) bond motifs is 1. The number of ether oxygens (including phenoxy) is 2. The van der Waals surface area contributed by atoms with Crippen molar-refractivity contribution in [1.29, 1.82) is 0 Å². The minimum Gasteiger partial charge on any atom is -0.486 e. The quantitative estimate of drug-likeness (QED) is 0.535. The first kappa shape index (κ1) is 22.8. The van der Waals surface area contributed by atoms with Gasteiger partial charge in [-0.05, 0) is 49.6 Å². The summed E-state index contributed by atoms with van der Waals surface area (Å²) in [6, 6.07) is 9.22. The zero-order valence-corrected chi connectivity index (χ0v) is 19.9. The first-order valence-corrected chi connectivity index (χ1v) is 12.0. The molecular formula is C24H22Cl2FN3O5. The van der Waals surface area contributed by atoms with E-state index in [1.165, 1.54) is 12.1 Å². The van der Waals surface area contributed by atoms with Gasteiger partial charge in [-0.1, -0.05) is 23.2 Å². The average Bonchev–Trinajstić information content (AvgIpc) is 3.25. The lowest BCUT2D eigenvalue weighted by Gasteiger charge is -2.71. The van der Waals surface area contributed by atoms with Crippen LogP contribution in [-0.2, 0) is 9.63 Å². The molecular weight excluding hydrogens is 500 g/mol. The lowest BCUT2D eigenvalue weighted by molar-refractivity contribution is -0.229. The molecule has 2 bridgehead atoms. The molecule has 3 aliphatic carbocycles. The van der Waals surface area contributed by atoms with Crippen LogP contribution in [0, 0.1) is 11.2 Å². The lowest BCUT2D eigenvalue weighted by atomic mass is 9.38. The number of amidine groups is 1. The summed E-state index contributed by atoms with van der Waals surface area (Å²) >= 11 is 11.7. The summed E-state index contributed by atoms with van der Waals surface area (Å²) in [6.07, 6.45) is 0.406. The van der Waals surface area contributed by atoms with Gasteiger partial charge in [0.15, 0.2) is 18.2 Å². The third-order valence-corrected chi connectivity index (χ3v) is 7.68. The number of hydroxylamine groups is 1. The van der Waals surface area contributed by atoms with E-state index in [0.29, 0.717) is 27.9 Å². The van der Waals surface area contributed by atoms with Crippen LogP contribution in [-0.4, -0.2) is 41.3 Å². The maximum Gasteiger partial charge on any atom is 0.261 e. The molecule has 3 N–H and O–H groups in total. The van der Waals surface area contributed by atoms with Gasteiger partial charge >= 0.3 is 0 Å². The molecule has 3 saturated carbocycles. The highest BCUT2D eigenvalue weighted by molar-refractivity contribution is 6.31. The van der Waals surface area contributed by atoms with Gasteiger partial charge in [-0.3, -0.25) is 4.79 Å². The van der Waals surface area contributed by atoms with E-state index in [1.54, 1.807) is 24.3 Å². The Morgan fingerprint density at radius 3 is 2.83 bits per heavy atom. The summed E-state index contributed by atoms with van der Waals surface area (Å²) in [5.74, 6) is 0.529. The van der Waals surface area contributed by atoms with Gasteiger partial charge in [0, 0.05) is 34.0 Å². The van der Waals surface area contributed by atoms with Crippen LogP contribution in [0.1, 0.15) is 37.4 Å². The molecule has 35 heavy (non-hydrogen) atoms. The van der Waals surface area contributed by atoms with Gasteiger partial charge < -0.3 is 19.9 Å². The number of aliphatic hydroxyl groups is 1. The van der Waals surface area contributed by atoms with Gasteiger partial charge in [-0.25, -0.2) is 19.7 Å². The number of rotatable bonds is 6. The Morgan fingerprint density at radius 1 is 1.26 bits per heavy atom. The maximum absolute atomic E-state index is 13.6. The van der Waals surface area contributed by atoms with Crippen molar-refractivity contribution in [2.75, 3.05) is 6.61 Å². The van der Waals surface area contributed by atoms with E-state index in [4.69, 9.17) is 37.5 Å². The van der Waals surface area contributed by atoms with Crippen molar-refractivity contribution < 1.29 is 28.6 Å². The van der Waals surface area contributed by atoms with Crippen molar-refractivity contribution >= 4 is 34.9 Å². The number of carbonyl (C=O) groups excluding carboxylic acids is 1. The molecule has 0 aromatic heterocycles. The summed E-state index contributed by atoms with van der Waals surface area (Å²) in [5.41, 5.74) is 2.93. The molecule has 0 spiro atoms. The van der Waals surface area contributed by atoms with Crippen molar-refractivity contribution in [2.45, 2.75) is 49.7 Å². The van der Waals surface area contributed by atoms with E-state index < -0.39 is 18.0 Å². The molecule has 3 atom stereocenters. The minimum atomic E-state index is -0.815. The summed E-state index contributed by atoms with van der Waals surface area (Å²) in [7, 11) is 0. The second-order valence-corrected chi connectivity index (χ2v) is 10.6. The Balaban J connectivity index is 1.02. The summed E-state index contributed by atoms with van der Waals surface area (Å²) in [6.45, 7) is 0.101. The number of nitrogens with one attached hydrogen (secondary N) is 2. The minimum absolute atomic E-state index is 0.0303. The number of nitrogens with zero attached hydrogens (tertiary/aromatic N) is 1. The van der Waals surface area contributed by atoms with Gasteiger partial charge in [0.25, 0.3) is 5.91 Å². The normalized spacial score (nSPS) is 32.2. The Morgan fingerprint density at radius 2 is 2.06 bits per heavy atom. The van der Waals surface area contributed by atoms with Crippen LogP contribution < -0.4 is 20.3 Å². The maximum atomic E-state index is 13.6. The molecule has 2 heterocycles. The lowest BCUT2D eigenvalue weighted by Crippen LogP contribution is -2.78. The second kappa shape index (κ2) is 8.23. The average molecular weight is 522 g/mol. The third kappa shape index (κ3) is 4.00. The fourth-order valence-electron chi connectivity index (χ4n) is 5.55. The number of amides is 1. The highest BCUT2D eigenvalue weighted by Gasteiger charge is 2.73. The van der Waals surface area contributed by atoms with Crippen LogP contribution in [0.2, 0.25) is 10.0 Å². The molecule has 1 unspecified atom stereocenters. The van der Waals surface area contributed by atoms with Gasteiger partial charge in [0.1, 0.15) is 23.9 Å². The fourth-order valence-corrected chi connectivity index (χ4v) is 5.84. The number of halogens is 3. The standard InChI is InChI=1S/C24H22Cl2FN3O5/c25-12-1-4-18-14(5-12)17(31)7-19(34-18)21(32)29-24-9-23(10-24,11-24)22-28-20(30-35-22)8-33-13-2-3-15(26)16(27)6-13/h1-6,17,19,22,31H,7-11H2,(H,28,30)(H,29,32)/t17-,19-,22?,23?,24?/m1/s1. The van der Waals surface area contributed by atoms with Crippen LogP contribution in [0.4, 0.5) is 4.39 Å². The fraction of sp³-hybridized carbons (Fsp3) is 0.417. The molecule has 2 aromatic rings. The highest BCUT2D eigenvalue weighted by Crippen LogP contribution is 2.69. The Labute approximate surface area is 210 Å². The van der Waals surface area contributed by atoms with E-state index in [1.807, 2.05) is 0 Å². The highest BCUT2D eigenvalue weighted by atomic mass is 35.5. The molecule has 2 aliphatic heterocycles.